The number of benzene rings is 1. The van der Waals surface area contributed by atoms with Gasteiger partial charge in [0.05, 0.1) is 23.6 Å². The number of hydrogen-bond acceptors (Lipinski definition) is 4. The van der Waals surface area contributed by atoms with E-state index in [2.05, 4.69) is 22.3 Å². The summed E-state index contributed by atoms with van der Waals surface area (Å²) in [5, 5.41) is 3.01. The fourth-order valence-corrected chi connectivity index (χ4v) is 6.34. The molecule has 1 heterocycles. The fourth-order valence-electron chi connectivity index (χ4n) is 4.25. The Balaban J connectivity index is 1.65. The molecule has 1 amide bonds. The topological polar surface area (TPSA) is 66.5 Å². The number of nitrogens with zero attached hydrogens (tertiary/aromatic N) is 1. The van der Waals surface area contributed by atoms with Crippen molar-refractivity contribution in [2.45, 2.75) is 63.6 Å². The van der Waals surface area contributed by atoms with E-state index in [4.69, 9.17) is 0 Å². The van der Waals surface area contributed by atoms with Crippen LogP contribution in [0.1, 0.15) is 51.0 Å². The van der Waals surface area contributed by atoms with Crippen molar-refractivity contribution in [3.8, 4) is 0 Å². The van der Waals surface area contributed by atoms with E-state index in [0.29, 0.717) is 19.0 Å². The summed E-state index contributed by atoms with van der Waals surface area (Å²) >= 11 is 0. The van der Waals surface area contributed by atoms with Crippen LogP contribution < -0.4 is 5.32 Å². The van der Waals surface area contributed by atoms with Gasteiger partial charge < -0.3 is 5.32 Å². The van der Waals surface area contributed by atoms with Crippen LogP contribution in [0.4, 0.5) is 0 Å². The Kier molecular flexibility index (Phi) is 6.03. The van der Waals surface area contributed by atoms with Gasteiger partial charge in [-0.15, -0.1) is 0 Å². The number of hydrogen-bond donors (Lipinski definition) is 1. The Hall–Kier alpha value is -1.40. The summed E-state index contributed by atoms with van der Waals surface area (Å²) in [4.78, 5) is 15.0. The lowest BCUT2D eigenvalue weighted by Crippen LogP contribution is -2.51. The van der Waals surface area contributed by atoms with E-state index in [1.807, 2.05) is 25.1 Å². The van der Waals surface area contributed by atoms with Crippen LogP contribution in [0.5, 0.6) is 0 Å². The van der Waals surface area contributed by atoms with Crippen LogP contribution in [0.2, 0.25) is 0 Å². The van der Waals surface area contributed by atoms with Crippen molar-refractivity contribution >= 4 is 15.7 Å². The van der Waals surface area contributed by atoms with Crippen molar-refractivity contribution in [1.29, 1.82) is 0 Å². The van der Waals surface area contributed by atoms with Gasteiger partial charge >= 0.3 is 0 Å². The monoisotopic (exact) mass is 378 g/mol. The van der Waals surface area contributed by atoms with Crippen LogP contribution in [-0.2, 0) is 21.2 Å². The first kappa shape index (κ1) is 19.4. The first-order valence-corrected chi connectivity index (χ1v) is 11.5. The number of sulfone groups is 1. The second-order valence-electron chi connectivity index (χ2n) is 8.13. The lowest BCUT2D eigenvalue weighted by atomic mass is 9.93. The van der Waals surface area contributed by atoms with E-state index in [0.717, 1.165) is 19.4 Å². The van der Waals surface area contributed by atoms with Gasteiger partial charge in [-0.2, -0.15) is 0 Å². The van der Waals surface area contributed by atoms with E-state index < -0.39 is 15.4 Å². The summed E-state index contributed by atoms with van der Waals surface area (Å²) < 4.78 is 23.6. The quantitative estimate of drug-likeness (QED) is 0.826. The van der Waals surface area contributed by atoms with Crippen molar-refractivity contribution in [3.63, 3.8) is 0 Å². The molecular weight excluding hydrogens is 348 g/mol. The molecule has 1 saturated carbocycles. The van der Waals surface area contributed by atoms with Crippen molar-refractivity contribution in [2.75, 3.05) is 18.1 Å². The molecule has 2 fully saturated rings. The molecule has 0 unspecified atom stereocenters. The Morgan fingerprint density at radius 3 is 2.50 bits per heavy atom. The Morgan fingerprint density at radius 1 is 1.19 bits per heavy atom. The lowest BCUT2D eigenvalue weighted by molar-refractivity contribution is -0.124. The minimum atomic E-state index is -3.03. The van der Waals surface area contributed by atoms with Crippen LogP contribution in [0.25, 0.3) is 0 Å². The van der Waals surface area contributed by atoms with Gasteiger partial charge in [0.1, 0.15) is 0 Å². The molecule has 1 saturated heterocycles. The molecule has 2 aliphatic rings. The molecule has 1 atom stereocenters. The third kappa shape index (κ3) is 5.30. The van der Waals surface area contributed by atoms with Gasteiger partial charge in [0.15, 0.2) is 9.84 Å². The summed E-state index contributed by atoms with van der Waals surface area (Å²) in [6.07, 6.45) is 6.47. The van der Waals surface area contributed by atoms with Gasteiger partial charge in [-0.3, -0.25) is 9.69 Å². The van der Waals surface area contributed by atoms with Crippen molar-refractivity contribution in [1.82, 2.24) is 10.2 Å². The Morgan fingerprint density at radius 2 is 1.88 bits per heavy atom. The summed E-state index contributed by atoms with van der Waals surface area (Å²) in [5.74, 6) is 0.152. The molecule has 0 radical (unpaired) electrons. The second-order valence-corrected chi connectivity index (χ2v) is 10.3. The van der Waals surface area contributed by atoms with Gasteiger partial charge in [-0.25, -0.2) is 8.42 Å². The highest BCUT2D eigenvalue weighted by Crippen LogP contribution is 2.25. The van der Waals surface area contributed by atoms with Gasteiger partial charge in [0, 0.05) is 12.6 Å². The number of rotatable bonds is 6. The maximum absolute atomic E-state index is 12.7. The minimum Gasteiger partial charge on any atom is -0.349 e. The first-order chi connectivity index (χ1) is 12.4. The molecule has 26 heavy (non-hydrogen) atoms. The number of amides is 1. The SMILES string of the molecule is C[C@]1(NC(=O)CN(Cc2ccccc2)C2CCCCC2)CCS(=O)(=O)C1. The smallest absolute Gasteiger partial charge is 0.234 e. The highest BCUT2D eigenvalue weighted by molar-refractivity contribution is 7.91. The molecule has 3 rings (SSSR count). The van der Waals surface area contributed by atoms with E-state index in [1.54, 1.807) is 0 Å². The summed E-state index contributed by atoms with van der Waals surface area (Å²) in [7, 11) is -3.03. The van der Waals surface area contributed by atoms with E-state index in [-0.39, 0.29) is 17.4 Å². The van der Waals surface area contributed by atoms with Crippen molar-refractivity contribution < 1.29 is 13.2 Å². The molecule has 1 N–H and O–H groups in total. The van der Waals surface area contributed by atoms with Crippen molar-refractivity contribution in [3.05, 3.63) is 35.9 Å². The normalized spacial score (nSPS) is 26.1. The van der Waals surface area contributed by atoms with Gasteiger partial charge in [0.25, 0.3) is 0 Å². The zero-order valence-corrected chi connectivity index (χ0v) is 16.4. The van der Waals surface area contributed by atoms with E-state index >= 15 is 0 Å². The van der Waals surface area contributed by atoms with Crippen LogP contribution in [0, 0.1) is 0 Å². The number of carbonyl (C=O) groups excluding carboxylic acids is 1. The third-order valence-corrected chi connectivity index (χ3v) is 7.51. The predicted octanol–water partition coefficient (Wildman–Crippen LogP) is 2.51. The zero-order chi connectivity index (χ0) is 18.6. The van der Waals surface area contributed by atoms with E-state index in [1.165, 1.54) is 24.8 Å². The molecule has 6 heteroatoms. The Labute approximate surface area is 157 Å². The fraction of sp³-hybridized carbons (Fsp3) is 0.650. The maximum atomic E-state index is 12.7. The molecule has 0 aromatic heterocycles. The summed E-state index contributed by atoms with van der Waals surface area (Å²) in [6.45, 7) is 2.93. The van der Waals surface area contributed by atoms with Crippen LogP contribution in [-0.4, -0.2) is 48.9 Å². The third-order valence-electron chi connectivity index (χ3n) is 5.61. The minimum absolute atomic E-state index is 0.0495. The molecule has 0 bridgehead atoms. The van der Waals surface area contributed by atoms with Gasteiger partial charge in [-0.05, 0) is 31.7 Å². The highest BCUT2D eigenvalue weighted by Gasteiger charge is 2.39. The molecule has 5 nitrogen and oxygen atoms in total. The molecule has 0 spiro atoms. The van der Waals surface area contributed by atoms with Gasteiger partial charge in [0.2, 0.25) is 5.91 Å². The highest BCUT2D eigenvalue weighted by atomic mass is 32.2. The lowest BCUT2D eigenvalue weighted by Gasteiger charge is -2.35. The zero-order valence-electron chi connectivity index (χ0n) is 15.6. The number of carbonyl (C=O) groups is 1. The summed E-state index contributed by atoms with van der Waals surface area (Å²) in [5.41, 5.74) is 0.585. The second kappa shape index (κ2) is 8.09. The molecular formula is C20H30N2O3S. The van der Waals surface area contributed by atoms with Crippen molar-refractivity contribution in [2.24, 2.45) is 0 Å². The van der Waals surface area contributed by atoms with Crippen LogP contribution >= 0.6 is 0 Å². The maximum Gasteiger partial charge on any atom is 0.234 e. The largest absolute Gasteiger partial charge is 0.349 e. The van der Waals surface area contributed by atoms with Crippen LogP contribution in [0.3, 0.4) is 0 Å². The number of nitrogens with one attached hydrogen (secondary N) is 1. The Bertz CT molecular complexity index is 714. The van der Waals surface area contributed by atoms with Crippen LogP contribution in [0.15, 0.2) is 30.3 Å². The predicted molar refractivity (Wildman–Crippen MR) is 104 cm³/mol. The average molecular weight is 379 g/mol. The molecule has 1 aliphatic heterocycles. The van der Waals surface area contributed by atoms with E-state index in [9.17, 15) is 13.2 Å². The first-order valence-electron chi connectivity index (χ1n) is 9.65. The molecule has 1 aromatic carbocycles. The molecule has 1 aliphatic carbocycles. The molecule has 144 valence electrons. The standard InChI is InChI=1S/C20H30N2O3S/c1-20(12-13-26(24,25)16-20)21-19(23)15-22(18-10-6-3-7-11-18)14-17-8-4-2-5-9-17/h2,4-5,8-9,18H,3,6-7,10-16H2,1H3,(H,21,23)/t20-/m0/s1. The van der Waals surface area contributed by atoms with Gasteiger partial charge in [-0.1, -0.05) is 49.6 Å². The summed E-state index contributed by atoms with van der Waals surface area (Å²) in [6, 6.07) is 10.7. The average Bonchev–Trinajstić information content (AvgIpc) is 2.88. The molecule has 1 aromatic rings.